The summed E-state index contributed by atoms with van der Waals surface area (Å²) in [5, 5.41) is 12.0. The van der Waals surface area contributed by atoms with Crippen LogP contribution in [0.25, 0.3) is 5.65 Å². The maximum absolute atomic E-state index is 13.3. The summed E-state index contributed by atoms with van der Waals surface area (Å²) in [6.45, 7) is 2.50. The summed E-state index contributed by atoms with van der Waals surface area (Å²) in [5.41, 5.74) is 3.53. The first-order valence-electron chi connectivity index (χ1n) is 7.38. The zero-order chi connectivity index (χ0) is 16.2. The van der Waals surface area contributed by atoms with Gasteiger partial charge in [-0.2, -0.15) is 0 Å². The van der Waals surface area contributed by atoms with E-state index < -0.39 is 0 Å². The number of fused-ring (bicyclic) bond motifs is 1. The van der Waals surface area contributed by atoms with Gasteiger partial charge in [-0.25, -0.2) is 9.37 Å². The van der Waals surface area contributed by atoms with E-state index in [1.165, 1.54) is 12.1 Å². The summed E-state index contributed by atoms with van der Waals surface area (Å²) in [5.74, 6) is -0.00848. The minimum absolute atomic E-state index is 0.117. The molecule has 6 heteroatoms. The highest BCUT2D eigenvalue weighted by atomic mass is 19.1. The summed E-state index contributed by atoms with van der Waals surface area (Å²) in [7, 11) is 0. The van der Waals surface area contributed by atoms with E-state index in [-0.39, 0.29) is 19.0 Å². The van der Waals surface area contributed by atoms with Crippen molar-refractivity contribution in [1.82, 2.24) is 9.38 Å². The highest BCUT2D eigenvalue weighted by molar-refractivity contribution is 5.56. The van der Waals surface area contributed by atoms with Crippen LogP contribution in [0.4, 0.5) is 10.1 Å². The van der Waals surface area contributed by atoms with Crippen molar-refractivity contribution in [3.8, 4) is 5.75 Å². The number of anilines is 1. The van der Waals surface area contributed by atoms with Gasteiger partial charge in [0.25, 0.3) is 0 Å². The van der Waals surface area contributed by atoms with Crippen molar-refractivity contribution < 1.29 is 14.2 Å². The molecular weight excluding hydrogens is 297 g/mol. The van der Waals surface area contributed by atoms with Crippen LogP contribution in [0.1, 0.15) is 11.4 Å². The van der Waals surface area contributed by atoms with Crippen LogP contribution in [-0.2, 0) is 6.54 Å². The second-order valence-corrected chi connectivity index (χ2v) is 5.19. The Hall–Kier alpha value is -2.60. The largest absolute Gasteiger partial charge is 0.489 e. The van der Waals surface area contributed by atoms with E-state index in [0.29, 0.717) is 18.0 Å². The first-order chi connectivity index (χ1) is 11.2. The molecule has 2 N–H and O–H groups in total. The lowest BCUT2D eigenvalue weighted by Crippen LogP contribution is -2.06. The Bertz CT molecular complexity index is 817. The van der Waals surface area contributed by atoms with Gasteiger partial charge in [-0.05, 0) is 31.2 Å². The number of pyridine rings is 1. The molecule has 3 rings (SSSR count). The molecule has 23 heavy (non-hydrogen) atoms. The number of nitrogens with one attached hydrogen (secondary N) is 1. The molecule has 0 spiro atoms. The summed E-state index contributed by atoms with van der Waals surface area (Å²) >= 11 is 0. The number of aryl methyl sites for hydroxylation is 1. The molecule has 0 aliphatic heterocycles. The molecule has 0 amide bonds. The van der Waals surface area contributed by atoms with Crippen molar-refractivity contribution >= 4 is 11.3 Å². The number of benzene rings is 1. The van der Waals surface area contributed by atoms with Gasteiger partial charge in [-0.3, -0.25) is 0 Å². The van der Waals surface area contributed by atoms with Gasteiger partial charge in [0.1, 0.15) is 23.8 Å². The number of nitrogens with zero attached hydrogens (tertiary/aromatic N) is 2. The van der Waals surface area contributed by atoms with Crippen LogP contribution in [0, 0.1) is 12.7 Å². The molecule has 1 aromatic carbocycles. The Morgan fingerprint density at radius 3 is 2.96 bits per heavy atom. The molecule has 120 valence electrons. The number of rotatable bonds is 6. The highest BCUT2D eigenvalue weighted by Gasteiger charge is 2.07. The number of halogens is 1. The van der Waals surface area contributed by atoms with Crippen LogP contribution in [0.2, 0.25) is 0 Å². The zero-order valence-electron chi connectivity index (χ0n) is 12.8. The number of aliphatic hydroxyl groups is 1. The van der Waals surface area contributed by atoms with Gasteiger partial charge >= 0.3 is 0 Å². The van der Waals surface area contributed by atoms with Crippen LogP contribution in [0.5, 0.6) is 5.75 Å². The third kappa shape index (κ3) is 3.43. The highest BCUT2D eigenvalue weighted by Crippen LogP contribution is 2.26. The van der Waals surface area contributed by atoms with Crippen molar-refractivity contribution in [1.29, 1.82) is 0 Å². The van der Waals surface area contributed by atoms with Crippen molar-refractivity contribution in [2.45, 2.75) is 13.5 Å². The predicted molar refractivity (Wildman–Crippen MR) is 86.2 cm³/mol. The van der Waals surface area contributed by atoms with Crippen LogP contribution >= 0.6 is 0 Å². The van der Waals surface area contributed by atoms with Crippen molar-refractivity contribution in [3.63, 3.8) is 0 Å². The Morgan fingerprint density at radius 1 is 1.30 bits per heavy atom. The fraction of sp³-hybridized carbons (Fsp3) is 0.235. The third-order valence-corrected chi connectivity index (χ3v) is 3.50. The Balaban J connectivity index is 1.77. The van der Waals surface area contributed by atoms with Gasteiger partial charge in [-0.15, -0.1) is 0 Å². The molecule has 0 bridgehead atoms. The van der Waals surface area contributed by atoms with E-state index in [2.05, 4.69) is 10.3 Å². The maximum atomic E-state index is 13.3. The van der Waals surface area contributed by atoms with Crippen LogP contribution in [-0.4, -0.2) is 27.7 Å². The molecule has 0 fully saturated rings. The summed E-state index contributed by atoms with van der Waals surface area (Å²) in [6, 6.07) is 10.2. The summed E-state index contributed by atoms with van der Waals surface area (Å²) in [6.07, 6.45) is 1.97. The van der Waals surface area contributed by atoms with E-state index in [9.17, 15) is 4.39 Å². The molecule has 0 aliphatic rings. The summed E-state index contributed by atoms with van der Waals surface area (Å²) in [4.78, 5) is 4.54. The van der Waals surface area contributed by atoms with E-state index in [1.54, 1.807) is 6.07 Å². The molecule has 2 heterocycles. The van der Waals surface area contributed by atoms with Gasteiger partial charge in [0.15, 0.2) is 0 Å². The smallest absolute Gasteiger partial charge is 0.145 e. The minimum Gasteiger partial charge on any atom is -0.489 e. The van der Waals surface area contributed by atoms with Crippen LogP contribution < -0.4 is 10.1 Å². The van der Waals surface area contributed by atoms with E-state index in [1.807, 2.05) is 35.7 Å². The first-order valence-corrected chi connectivity index (χ1v) is 7.38. The van der Waals surface area contributed by atoms with Crippen molar-refractivity contribution in [3.05, 3.63) is 59.8 Å². The van der Waals surface area contributed by atoms with Crippen molar-refractivity contribution in [2.24, 2.45) is 0 Å². The molecular formula is C17H18FN3O2. The van der Waals surface area contributed by atoms with Gasteiger partial charge in [0.2, 0.25) is 0 Å². The number of imidazole rings is 1. The number of ether oxygens (including phenoxy) is 1. The second kappa shape index (κ2) is 6.66. The first kappa shape index (κ1) is 15.3. The zero-order valence-corrected chi connectivity index (χ0v) is 12.8. The molecule has 0 saturated heterocycles. The van der Waals surface area contributed by atoms with Gasteiger partial charge < -0.3 is 19.6 Å². The molecule has 2 aromatic heterocycles. The lowest BCUT2D eigenvalue weighted by atomic mass is 10.2. The Labute approximate surface area is 133 Å². The van der Waals surface area contributed by atoms with Gasteiger partial charge in [0, 0.05) is 18.0 Å². The standard InChI is InChI=1S/C17H18FN3O2/c1-12-3-2-4-17-20-14(11-21(12)17)10-19-15-6-5-13(18)9-16(15)23-8-7-22/h2-6,9,11,19,22H,7-8,10H2,1H3. The number of hydrogen-bond donors (Lipinski definition) is 2. The van der Waals surface area contributed by atoms with E-state index in [0.717, 1.165) is 17.0 Å². The van der Waals surface area contributed by atoms with Crippen LogP contribution in [0.15, 0.2) is 42.6 Å². The molecule has 0 aliphatic carbocycles. The van der Waals surface area contributed by atoms with Gasteiger partial charge in [-0.1, -0.05) is 6.07 Å². The minimum atomic E-state index is -0.383. The molecule has 5 nitrogen and oxygen atoms in total. The molecule has 3 aromatic rings. The average molecular weight is 315 g/mol. The maximum Gasteiger partial charge on any atom is 0.145 e. The molecule has 0 radical (unpaired) electrons. The lowest BCUT2D eigenvalue weighted by molar-refractivity contribution is 0.201. The van der Waals surface area contributed by atoms with Crippen LogP contribution in [0.3, 0.4) is 0 Å². The summed E-state index contributed by atoms with van der Waals surface area (Å²) < 4.78 is 20.7. The quantitative estimate of drug-likeness (QED) is 0.734. The second-order valence-electron chi connectivity index (χ2n) is 5.19. The molecule has 0 unspecified atom stereocenters. The number of aromatic nitrogens is 2. The number of aliphatic hydroxyl groups excluding tert-OH is 1. The Morgan fingerprint density at radius 2 is 2.17 bits per heavy atom. The molecule has 0 atom stereocenters. The third-order valence-electron chi connectivity index (χ3n) is 3.50. The van der Waals surface area contributed by atoms with Gasteiger partial charge in [0.05, 0.1) is 24.5 Å². The SMILES string of the molecule is Cc1cccc2nc(CNc3ccc(F)cc3OCCO)cn12. The fourth-order valence-electron chi connectivity index (χ4n) is 2.39. The topological polar surface area (TPSA) is 58.8 Å². The average Bonchev–Trinajstić information content (AvgIpc) is 2.96. The normalized spacial score (nSPS) is 10.9. The lowest BCUT2D eigenvalue weighted by Gasteiger charge is -2.12. The monoisotopic (exact) mass is 315 g/mol. The fourth-order valence-corrected chi connectivity index (χ4v) is 2.39. The molecule has 0 saturated carbocycles. The van der Waals surface area contributed by atoms with E-state index in [4.69, 9.17) is 9.84 Å². The van der Waals surface area contributed by atoms with Crippen molar-refractivity contribution in [2.75, 3.05) is 18.5 Å². The predicted octanol–water partition coefficient (Wildman–Crippen LogP) is 2.77. The van der Waals surface area contributed by atoms with E-state index >= 15 is 0 Å². The Kier molecular flexibility index (Phi) is 4.43. The number of hydrogen-bond acceptors (Lipinski definition) is 4.